The van der Waals surface area contributed by atoms with E-state index in [2.05, 4.69) is 35.5 Å². The molecule has 1 aromatic rings. The summed E-state index contributed by atoms with van der Waals surface area (Å²) >= 11 is 0. The minimum absolute atomic E-state index is 0.995. The fourth-order valence-electron chi connectivity index (χ4n) is 1.06. The Morgan fingerprint density at radius 3 is 2.24 bits per heavy atom. The Morgan fingerprint density at radius 2 is 1.82 bits per heavy atom. The molecule has 1 rings (SSSR count). The number of rotatable bonds is 4. The van der Waals surface area contributed by atoms with Crippen LogP contribution in [0, 0.1) is 0 Å². The van der Waals surface area contributed by atoms with Gasteiger partial charge in [0.25, 0.3) is 0 Å². The lowest BCUT2D eigenvalue weighted by molar-refractivity contribution is -0.442. The number of aryl methyl sites for hydroxylation is 1. The molecule has 0 saturated heterocycles. The lowest BCUT2D eigenvalue weighted by atomic mass is 10.1. The zero-order chi connectivity index (χ0) is 13.1. The molecular formula is C11H16N2O4. The number of carboxylic acids is 2. The molecule has 6 heteroatoms. The molecule has 0 aromatic heterocycles. The van der Waals surface area contributed by atoms with Gasteiger partial charge < -0.3 is 15.0 Å². The molecule has 0 amide bonds. The number of carbonyl (C=O) groups excluding carboxylic acids is 1. The van der Waals surface area contributed by atoms with Gasteiger partial charge >= 0.3 is 5.97 Å². The van der Waals surface area contributed by atoms with E-state index in [-0.39, 0.29) is 0 Å². The second-order valence-corrected chi connectivity index (χ2v) is 3.18. The Hall–Kier alpha value is -1.92. The SMILES string of the molecule is O=C([O-])C(=O)O.[NH3+]NCCCc1ccccc1. The van der Waals surface area contributed by atoms with Gasteiger partial charge in [-0.1, -0.05) is 30.3 Å². The van der Waals surface area contributed by atoms with Crippen LogP contribution >= 0.6 is 0 Å². The van der Waals surface area contributed by atoms with E-state index in [9.17, 15) is 0 Å². The highest BCUT2D eigenvalue weighted by atomic mass is 16.4. The van der Waals surface area contributed by atoms with Gasteiger partial charge in [-0.2, -0.15) is 5.43 Å². The number of hydrogen-bond donors (Lipinski definition) is 3. The van der Waals surface area contributed by atoms with Gasteiger partial charge in [0.15, 0.2) is 5.97 Å². The van der Waals surface area contributed by atoms with Crippen LogP contribution in [0.25, 0.3) is 0 Å². The Morgan fingerprint density at radius 1 is 1.29 bits per heavy atom. The van der Waals surface area contributed by atoms with Crippen LogP contribution in [0.4, 0.5) is 0 Å². The first-order valence-electron chi connectivity index (χ1n) is 5.06. The summed E-state index contributed by atoms with van der Waals surface area (Å²) in [6.45, 7) is 0.995. The summed E-state index contributed by atoms with van der Waals surface area (Å²) in [6, 6.07) is 10.5. The molecule has 94 valence electrons. The fraction of sp³-hybridized carbons (Fsp3) is 0.273. The van der Waals surface area contributed by atoms with Gasteiger partial charge in [-0.15, -0.1) is 0 Å². The van der Waals surface area contributed by atoms with E-state index >= 15 is 0 Å². The molecule has 0 spiro atoms. The fourth-order valence-corrected chi connectivity index (χ4v) is 1.06. The number of carboxylic acid groups (broad SMARTS) is 2. The van der Waals surface area contributed by atoms with E-state index < -0.39 is 11.9 Å². The van der Waals surface area contributed by atoms with Crippen molar-refractivity contribution in [2.24, 2.45) is 0 Å². The highest BCUT2D eigenvalue weighted by Gasteiger charge is 1.90. The van der Waals surface area contributed by atoms with Crippen LogP contribution in [0.1, 0.15) is 12.0 Å². The molecule has 0 fully saturated rings. The molecule has 0 aliphatic carbocycles. The van der Waals surface area contributed by atoms with Crippen LogP contribution in [0.5, 0.6) is 0 Å². The van der Waals surface area contributed by atoms with Crippen molar-refractivity contribution in [2.45, 2.75) is 12.8 Å². The Balaban J connectivity index is 0.000000366. The van der Waals surface area contributed by atoms with Gasteiger partial charge in [0, 0.05) is 6.54 Å². The molecule has 0 aliphatic heterocycles. The third-order valence-corrected chi connectivity index (χ3v) is 1.84. The van der Waals surface area contributed by atoms with E-state index in [1.54, 1.807) is 0 Å². The van der Waals surface area contributed by atoms with E-state index in [1.807, 2.05) is 6.07 Å². The third-order valence-electron chi connectivity index (χ3n) is 1.84. The quantitative estimate of drug-likeness (QED) is 0.325. The van der Waals surface area contributed by atoms with E-state index in [0.717, 1.165) is 19.4 Å². The largest absolute Gasteiger partial charge is 0.539 e. The van der Waals surface area contributed by atoms with E-state index in [1.165, 1.54) is 5.56 Å². The lowest BCUT2D eigenvalue weighted by Gasteiger charge is -1.97. The maximum atomic E-state index is 9.04. The summed E-state index contributed by atoms with van der Waals surface area (Å²) in [5.74, 6) is -0.442. The highest BCUT2D eigenvalue weighted by Crippen LogP contribution is 2.00. The standard InChI is InChI=1S/C9H14N2.C2H2O4/c10-11-8-4-7-9-5-2-1-3-6-9;3-1(4)2(5)6/h1-3,5-6,11H,4,7-8,10H2;(H,3,4)(H,5,6). The summed E-state index contributed by atoms with van der Waals surface area (Å²) in [6.07, 6.45) is 2.30. The zero-order valence-corrected chi connectivity index (χ0v) is 9.39. The average molecular weight is 240 g/mol. The second-order valence-electron chi connectivity index (χ2n) is 3.18. The average Bonchev–Trinajstić information content (AvgIpc) is 2.31. The summed E-state index contributed by atoms with van der Waals surface area (Å²) in [5, 5.41) is 16.3. The van der Waals surface area contributed by atoms with Crippen LogP contribution in [0.2, 0.25) is 0 Å². The minimum Gasteiger partial charge on any atom is -0.539 e. The monoisotopic (exact) mass is 240 g/mol. The van der Waals surface area contributed by atoms with Crippen molar-refractivity contribution in [2.75, 3.05) is 6.54 Å². The van der Waals surface area contributed by atoms with E-state index in [4.69, 9.17) is 19.8 Å². The van der Waals surface area contributed by atoms with Gasteiger partial charge in [0.05, 0.1) is 0 Å². The second kappa shape index (κ2) is 9.32. The predicted molar refractivity (Wildman–Crippen MR) is 58.3 cm³/mol. The molecule has 0 aliphatic rings. The molecule has 5 N–H and O–H groups in total. The van der Waals surface area contributed by atoms with Crippen LogP contribution in [0.3, 0.4) is 0 Å². The number of quaternary nitrogens is 1. The Labute approximate surface area is 99.0 Å². The molecule has 6 nitrogen and oxygen atoms in total. The summed E-state index contributed by atoms with van der Waals surface area (Å²) in [5.41, 5.74) is 4.29. The van der Waals surface area contributed by atoms with Crippen LogP contribution < -0.4 is 16.4 Å². The third kappa shape index (κ3) is 9.04. The first-order chi connectivity index (χ1) is 8.07. The molecule has 0 saturated carbocycles. The van der Waals surface area contributed by atoms with Crippen LogP contribution in [-0.2, 0) is 16.0 Å². The predicted octanol–water partition coefficient (Wildman–Crippen LogP) is -1.81. The zero-order valence-electron chi connectivity index (χ0n) is 9.39. The Kier molecular flexibility index (Phi) is 8.26. The van der Waals surface area contributed by atoms with Gasteiger partial charge in [-0.05, 0) is 18.4 Å². The number of aliphatic carboxylic acids is 2. The first kappa shape index (κ1) is 15.1. The summed E-state index contributed by atoms with van der Waals surface area (Å²) in [7, 11) is 0. The highest BCUT2D eigenvalue weighted by molar-refractivity contribution is 6.26. The Bertz CT molecular complexity index is 329. The number of nitrogens with one attached hydrogen (secondary N) is 1. The van der Waals surface area contributed by atoms with E-state index in [0.29, 0.717) is 0 Å². The topological polar surface area (TPSA) is 117 Å². The van der Waals surface area contributed by atoms with Crippen LogP contribution in [-0.4, -0.2) is 23.6 Å². The maximum Gasteiger partial charge on any atom is 0.351 e. The number of carbonyl (C=O) groups is 2. The summed E-state index contributed by atoms with van der Waals surface area (Å²) in [4.78, 5) is 18.0. The van der Waals surface area contributed by atoms with Gasteiger partial charge in [-0.25, -0.2) is 4.79 Å². The molecule has 1 aromatic carbocycles. The van der Waals surface area contributed by atoms with Crippen molar-refractivity contribution in [1.82, 2.24) is 5.43 Å². The van der Waals surface area contributed by atoms with Crippen molar-refractivity contribution in [3.05, 3.63) is 35.9 Å². The molecule has 0 heterocycles. The molecule has 17 heavy (non-hydrogen) atoms. The molecule has 0 atom stereocenters. The van der Waals surface area contributed by atoms with Gasteiger partial charge in [-0.3, -0.25) is 5.84 Å². The summed E-state index contributed by atoms with van der Waals surface area (Å²) < 4.78 is 0. The van der Waals surface area contributed by atoms with Crippen molar-refractivity contribution in [3.8, 4) is 0 Å². The lowest BCUT2D eigenvalue weighted by Crippen LogP contribution is -2.64. The molecule has 0 radical (unpaired) electrons. The smallest absolute Gasteiger partial charge is 0.351 e. The molecule has 0 unspecified atom stereocenters. The molecule has 0 bridgehead atoms. The minimum atomic E-state index is -2.07. The van der Waals surface area contributed by atoms with Crippen molar-refractivity contribution >= 4 is 11.9 Å². The van der Waals surface area contributed by atoms with Crippen molar-refractivity contribution in [3.63, 3.8) is 0 Å². The first-order valence-corrected chi connectivity index (χ1v) is 5.06. The van der Waals surface area contributed by atoms with Crippen molar-refractivity contribution < 1.29 is 25.6 Å². The number of benzene rings is 1. The normalized spacial score (nSPS) is 9.00. The van der Waals surface area contributed by atoms with Crippen molar-refractivity contribution in [1.29, 1.82) is 0 Å². The number of hydrogen-bond acceptors (Lipinski definition) is 4. The van der Waals surface area contributed by atoms with Crippen LogP contribution in [0.15, 0.2) is 30.3 Å². The van der Waals surface area contributed by atoms with Gasteiger partial charge in [0.1, 0.15) is 0 Å². The molecular weight excluding hydrogens is 224 g/mol. The van der Waals surface area contributed by atoms with Gasteiger partial charge in [0.2, 0.25) is 0 Å². The maximum absolute atomic E-state index is 9.04.